The largest absolute Gasteiger partial charge is 0.389 e. The van der Waals surface area contributed by atoms with Gasteiger partial charge in [-0.05, 0) is 38.1 Å². The molecule has 0 aliphatic heterocycles. The predicted molar refractivity (Wildman–Crippen MR) is 73.7 cm³/mol. The number of benzene rings is 1. The molecule has 1 N–H and O–H groups in total. The fraction of sp³-hybridized carbons (Fsp3) is 0.538. The lowest BCUT2D eigenvalue weighted by Gasteiger charge is -2.28. The first-order valence-electron chi connectivity index (χ1n) is 5.70. The second-order valence-corrected chi connectivity index (χ2v) is 5.68. The zero-order valence-electron chi connectivity index (χ0n) is 10.5. The van der Waals surface area contributed by atoms with Crippen LogP contribution < -0.4 is 0 Å². The van der Waals surface area contributed by atoms with Crippen LogP contribution in [-0.4, -0.2) is 28.7 Å². The van der Waals surface area contributed by atoms with Crippen LogP contribution in [0.25, 0.3) is 0 Å². The monoisotopic (exact) mass is 275 g/mol. The van der Waals surface area contributed by atoms with Crippen molar-refractivity contribution in [2.45, 2.75) is 32.9 Å². The molecule has 0 atom stereocenters. The molecule has 0 fully saturated rings. The van der Waals surface area contributed by atoms with Gasteiger partial charge in [-0.2, -0.15) is 0 Å². The van der Waals surface area contributed by atoms with Crippen molar-refractivity contribution in [3.8, 4) is 0 Å². The van der Waals surface area contributed by atoms with Crippen LogP contribution in [0.5, 0.6) is 0 Å². The molecule has 0 radical (unpaired) electrons. The Morgan fingerprint density at radius 2 is 1.88 bits per heavy atom. The van der Waals surface area contributed by atoms with E-state index in [1.807, 2.05) is 26.0 Å². The zero-order valence-corrected chi connectivity index (χ0v) is 12.0. The topological polar surface area (TPSA) is 23.5 Å². The van der Waals surface area contributed by atoms with Crippen molar-refractivity contribution in [3.63, 3.8) is 0 Å². The summed E-state index contributed by atoms with van der Waals surface area (Å²) < 4.78 is 0. The van der Waals surface area contributed by atoms with Crippen molar-refractivity contribution in [3.05, 3.63) is 33.8 Å². The SMILES string of the molecule is CCN(Cc1ccc(Cl)c(Cl)c1)CC(C)(C)O. The lowest BCUT2D eigenvalue weighted by Crippen LogP contribution is -2.38. The van der Waals surface area contributed by atoms with E-state index in [1.54, 1.807) is 6.07 Å². The van der Waals surface area contributed by atoms with Gasteiger partial charge >= 0.3 is 0 Å². The highest BCUT2D eigenvalue weighted by atomic mass is 35.5. The van der Waals surface area contributed by atoms with Crippen molar-refractivity contribution in [2.75, 3.05) is 13.1 Å². The van der Waals surface area contributed by atoms with E-state index < -0.39 is 5.60 Å². The number of aliphatic hydroxyl groups is 1. The maximum absolute atomic E-state index is 9.81. The first-order valence-corrected chi connectivity index (χ1v) is 6.46. The van der Waals surface area contributed by atoms with Gasteiger partial charge < -0.3 is 5.11 Å². The average molecular weight is 276 g/mol. The third-order valence-electron chi connectivity index (χ3n) is 2.45. The van der Waals surface area contributed by atoms with Crippen molar-refractivity contribution in [1.82, 2.24) is 4.90 Å². The number of nitrogens with zero attached hydrogens (tertiary/aromatic N) is 1. The maximum Gasteiger partial charge on any atom is 0.0718 e. The smallest absolute Gasteiger partial charge is 0.0718 e. The maximum atomic E-state index is 9.81. The summed E-state index contributed by atoms with van der Waals surface area (Å²) in [5.41, 5.74) is 0.414. The summed E-state index contributed by atoms with van der Waals surface area (Å²) in [6.07, 6.45) is 0. The summed E-state index contributed by atoms with van der Waals surface area (Å²) in [6.45, 7) is 7.96. The van der Waals surface area contributed by atoms with E-state index in [0.29, 0.717) is 16.6 Å². The van der Waals surface area contributed by atoms with Gasteiger partial charge in [-0.3, -0.25) is 4.90 Å². The number of hydrogen-bond donors (Lipinski definition) is 1. The molecular weight excluding hydrogens is 257 g/mol. The molecule has 0 saturated heterocycles. The molecule has 96 valence electrons. The normalized spacial score (nSPS) is 12.2. The standard InChI is InChI=1S/C13H19Cl2NO/c1-4-16(9-13(2,3)17)8-10-5-6-11(14)12(15)7-10/h5-7,17H,4,8-9H2,1-3H3. The Labute approximate surface area is 113 Å². The third kappa shape index (κ3) is 5.26. The summed E-state index contributed by atoms with van der Waals surface area (Å²) in [5.74, 6) is 0. The fourth-order valence-electron chi connectivity index (χ4n) is 1.72. The zero-order chi connectivity index (χ0) is 13.1. The first kappa shape index (κ1) is 14.8. The van der Waals surface area contributed by atoms with Crippen LogP contribution in [0.3, 0.4) is 0 Å². The van der Waals surface area contributed by atoms with Crippen LogP contribution in [0, 0.1) is 0 Å². The minimum absolute atomic E-state index is 0.570. The molecule has 1 aromatic rings. The Balaban J connectivity index is 2.70. The van der Waals surface area contributed by atoms with Crippen LogP contribution >= 0.6 is 23.2 Å². The molecule has 4 heteroatoms. The molecule has 0 heterocycles. The van der Waals surface area contributed by atoms with Gasteiger partial charge in [0.2, 0.25) is 0 Å². The molecule has 1 rings (SSSR count). The molecular formula is C13H19Cl2NO. The fourth-order valence-corrected chi connectivity index (χ4v) is 2.04. The third-order valence-corrected chi connectivity index (χ3v) is 3.19. The van der Waals surface area contributed by atoms with E-state index in [2.05, 4.69) is 11.8 Å². The van der Waals surface area contributed by atoms with Gasteiger partial charge in [0, 0.05) is 13.1 Å². The van der Waals surface area contributed by atoms with Gasteiger partial charge in [-0.25, -0.2) is 0 Å². The second kappa shape index (κ2) is 6.05. The van der Waals surface area contributed by atoms with Crippen molar-refractivity contribution in [2.24, 2.45) is 0 Å². The molecule has 1 aromatic carbocycles. The number of halogens is 2. The van der Waals surface area contributed by atoms with Gasteiger partial charge in [0.1, 0.15) is 0 Å². The van der Waals surface area contributed by atoms with Gasteiger partial charge in [-0.15, -0.1) is 0 Å². The Morgan fingerprint density at radius 3 is 2.35 bits per heavy atom. The second-order valence-electron chi connectivity index (χ2n) is 4.86. The summed E-state index contributed by atoms with van der Waals surface area (Å²) >= 11 is 11.8. The van der Waals surface area contributed by atoms with Crippen LogP contribution in [-0.2, 0) is 6.54 Å². The van der Waals surface area contributed by atoms with E-state index in [-0.39, 0.29) is 0 Å². The number of hydrogen-bond acceptors (Lipinski definition) is 2. The molecule has 0 unspecified atom stereocenters. The van der Waals surface area contributed by atoms with E-state index in [0.717, 1.165) is 18.7 Å². The molecule has 2 nitrogen and oxygen atoms in total. The number of likely N-dealkylation sites (N-methyl/N-ethyl adjacent to an activating group) is 1. The van der Waals surface area contributed by atoms with Gasteiger partial charge in [-0.1, -0.05) is 36.2 Å². The van der Waals surface area contributed by atoms with Crippen molar-refractivity contribution >= 4 is 23.2 Å². The summed E-state index contributed by atoms with van der Waals surface area (Å²) in [4.78, 5) is 2.17. The molecule has 0 saturated carbocycles. The average Bonchev–Trinajstić information content (AvgIpc) is 2.20. The highest BCUT2D eigenvalue weighted by Crippen LogP contribution is 2.23. The molecule has 0 amide bonds. The van der Waals surface area contributed by atoms with Gasteiger partial charge in [0.15, 0.2) is 0 Å². The summed E-state index contributed by atoms with van der Waals surface area (Å²) in [5, 5.41) is 11.0. The van der Waals surface area contributed by atoms with Crippen molar-refractivity contribution < 1.29 is 5.11 Å². The molecule has 0 aromatic heterocycles. The minimum atomic E-state index is -0.688. The first-order chi connectivity index (χ1) is 7.81. The van der Waals surface area contributed by atoms with E-state index in [1.165, 1.54) is 0 Å². The van der Waals surface area contributed by atoms with E-state index in [4.69, 9.17) is 23.2 Å². The summed E-state index contributed by atoms with van der Waals surface area (Å²) in [6, 6.07) is 5.63. The van der Waals surface area contributed by atoms with Crippen LogP contribution in [0.1, 0.15) is 26.3 Å². The van der Waals surface area contributed by atoms with E-state index >= 15 is 0 Å². The highest BCUT2D eigenvalue weighted by Gasteiger charge is 2.17. The predicted octanol–water partition coefficient (Wildman–Crippen LogP) is 3.59. The van der Waals surface area contributed by atoms with Gasteiger partial charge in [0.25, 0.3) is 0 Å². The van der Waals surface area contributed by atoms with Crippen LogP contribution in [0.2, 0.25) is 10.0 Å². The molecule has 0 spiro atoms. The number of rotatable bonds is 5. The molecule has 0 aliphatic carbocycles. The Hall–Kier alpha value is -0.280. The van der Waals surface area contributed by atoms with E-state index in [9.17, 15) is 5.11 Å². The lowest BCUT2D eigenvalue weighted by molar-refractivity contribution is 0.0353. The molecule has 17 heavy (non-hydrogen) atoms. The molecule has 0 aliphatic rings. The van der Waals surface area contributed by atoms with Gasteiger partial charge in [0.05, 0.1) is 15.6 Å². The Morgan fingerprint density at radius 1 is 1.24 bits per heavy atom. The Kier molecular flexibility index (Phi) is 5.26. The highest BCUT2D eigenvalue weighted by molar-refractivity contribution is 6.42. The summed E-state index contributed by atoms with van der Waals surface area (Å²) in [7, 11) is 0. The Bertz CT molecular complexity index is 374. The quantitative estimate of drug-likeness (QED) is 0.888. The minimum Gasteiger partial charge on any atom is -0.389 e. The van der Waals surface area contributed by atoms with Crippen LogP contribution in [0.4, 0.5) is 0 Å². The van der Waals surface area contributed by atoms with Crippen LogP contribution in [0.15, 0.2) is 18.2 Å². The molecule has 0 bridgehead atoms. The lowest BCUT2D eigenvalue weighted by atomic mass is 10.1. The van der Waals surface area contributed by atoms with Crippen molar-refractivity contribution in [1.29, 1.82) is 0 Å².